The number of aromatic hydroxyl groups is 1. The minimum atomic E-state index is -0.344. The predicted octanol–water partition coefficient (Wildman–Crippen LogP) is 1.85. The quantitative estimate of drug-likeness (QED) is 0.909. The van der Waals surface area contributed by atoms with Crippen LogP contribution in [0.3, 0.4) is 0 Å². The van der Waals surface area contributed by atoms with Crippen LogP contribution in [0.4, 0.5) is 4.79 Å². The van der Waals surface area contributed by atoms with Gasteiger partial charge in [-0.3, -0.25) is 9.78 Å². The summed E-state index contributed by atoms with van der Waals surface area (Å²) >= 11 is 0. The smallest absolute Gasteiger partial charge is 0.409 e. The summed E-state index contributed by atoms with van der Waals surface area (Å²) in [6.07, 6.45) is 1.23. The lowest BCUT2D eigenvalue weighted by molar-refractivity contribution is 0.0572. The van der Waals surface area contributed by atoms with Crippen molar-refractivity contribution in [1.29, 1.82) is 0 Å². The van der Waals surface area contributed by atoms with Gasteiger partial charge < -0.3 is 19.6 Å². The number of amides is 2. The van der Waals surface area contributed by atoms with E-state index in [1.807, 2.05) is 0 Å². The molecule has 2 amide bonds. The van der Waals surface area contributed by atoms with E-state index in [4.69, 9.17) is 4.74 Å². The first kappa shape index (κ1) is 16.0. The number of benzene rings is 1. The molecule has 126 valence electrons. The summed E-state index contributed by atoms with van der Waals surface area (Å²) in [5, 5.41) is 10.5. The van der Waals surface area contributed by atoms with Crippen LogP contribution in [0.2, 0.25) is 0 Å². The zero-order valence-electron chi connectivity index (χ0n) is 13.4. The number of pyridine rings is 1. The van der Waals surface area contributed by atoms with Crippen LogP contribution in [0.25, 0.3) is 10.9 Å². The number of phenolic OH excluding ortho intramolecular Hbond substituents is 1. The minimum absolute atomic E-state index is 0.0503. The number of carbonyl (C=O) groups excluding carboxylic acids is 2. The SMILES string of the molecule is CCOC(=O)N1CCN(C(=O)c2ccc(O)c3ncccc23)CC1. The Kier molecular flexibility index (Phi) is 4.50. The fourth-order valence-corrected chi connectivity index (χ4v) is 2.82. The molecule has 2 heterocycles. The number of piperazine rings is 1. The average Bonchev–Trinajstić information content (AvgIpc) is 2.62. The molecule has 2 aromatic rings. The first-order chi connectivity index (χ1) is 11.6. The first-order valence-electron chi connectivity index (χ1n) is 7.89. The van der Waals surface area contributed by atoms with E-state index in [0.29, 0.717) is 49.3 Å². The Morgan fingerprint density at radius 1 is 1.17 bits per heavy atom. The van der Waals surface area contributed by atoms with Crippen LogP contribution < -0.4 is 0 Å². The molecule has 0 atom stereocenters. The summed E-state index contributed by atoms with van der Waals surface area (Å²) in [5.74, 6) is -0.0780. The van der Waals surface area contributed by atoms with Crippen molar-refractivity contribution < 1.29 is 19.4 Å². The molecule has 7 nitrogen and oxygen atoms in total. The Hall–Kier alpha value is -2.83. The Labute approximate surface area is 139 Å². The monoisotopic (exact) mass is 329 g/mol. The summed E-state index contributed by atoms with van der Waals surface area (Å²) < 4.78 is 4.98. The molecular weight excluding hydrogens is 310 g/mol. The molecule has 24 heavy (non-hydrogen) atoms. The van der Waals surface area contributed by atoms with Gasteiger partial charge in [0.05, 0.1) is 6.61 Å². The Morgan fingerprint density at radius 3 is 2.58 bits per heavy atom. The number of aromatic nitrogens is 1. The van der Waals surface area contributed by atoms with Crippen molar-refractivity contribution in [3.8, 4) is 5.75 Å². The van der Waals surface area contributed by atoms with Gasteiger partial charge in [-0.05, 0) is 25.1 Å². The Morgan fingerprint density at radius 2 is 1.88 bits per heavy atom. The number of hydrogen-bond acceptors (Lipinski definition) is 5. The van der Waals surface area contributed by atoms with E-state index in [2.05, 4.69) is 4.98 Å². The second-order valence-electron chi connectivity index (χ2n) is 5.51. The normalized spacial score (nSPS) is 14.7. The molecule has 0 saturated carbocycles. The molecule has 1 fully saturated rings. The number of carbonyl (C=O) groups is 2. The Bertz CT molecular complexity index is 770. The highest BCUT2D eigenvalue weighted by Crippen LogP contribution is 2.26. The van der Waals surface area contributed by atoms with E-state index in [1.165, 1.54) is 6.07 Å². The highest BCUT2D eigenvalue weighted by atomic mass is 16.6. The number of phenols is 1. The van der Waals surface area contributed by atoms with Crippen LogP contribution in [-0.4, -0.2) is 64.7 Å². The van der Waals surface area contributed by atoms with Gasteiger partial charge in [-0.15, -0.1) is 0 Å². The summed E-state index contributed by atoms with van der Waals surface area (Å²) in [6.45, 7) is 3.88. The summed E-state index contributed by atoms with van der Waals surface area (Å²) in [5.41, 5.74) is 0.911. The number of ether oxygens (including phenoxy) is 1. The largest absolute Gasteiger partial charge is 0.506 e. The summed E-state index contributed by atoms with van der Waals surface area (Å²) in [4.78, 5) is 32.0. The molecule has 1 aliphatic heterocycles. The lowest BCUT2D eigenvalue weighted by Gasteiger charge is -2.34. The standard InChI is InChI=1S/C17H19N3O4/c1-2-24-17(23)20-10-8-19(9-11-20)16(22)13-5-6-14(21)15-12(13)4-3-7-18-15/h3-7,21H,2,8-11H2,1H3. The maximum atomic E-state index is 12.8. The lowest BCUT2D eigenvalue weighted by atomic mass is 10.1. The molecule has 7 heteroatoms. The fraction of sp³-hybridized carbons (Fsp3) is 0.353. The van der Waals surface area contributed by atoms with Crippen molar-refractivity contribution in [3.63, 3.8) is 0 Å². The summed E-state index contributed by atoms with van der Waals surface area (Å²) in [7, 11) is 0. The maximum absolute atomic E-state index is 12.8. The molecule has 1 N–H and O–H groups in total. The number of nitrogens with zero attached hydrogens (tertiary/aromatic N) is 3. The fourth-order valence-electron chi connectivity index (χ4n) is 2.82. The molecule has 0 unspecified atom stereocenters. The van der Waals surface area contributed by atoms with Gasteiger partial charge in [0.2, 0.25) is 0 Å². The predicted molar refractivity (Wildman–Crippen MR) is 87.9 cm³/mol. The average molecular weight is 329 g/mol. The van der Waals surface area contributed by atoms with Crippen molar-refractivity contribution in [2.45, 2.75) is 6.92 Å². The van der Waals surface area contributed by atoms with Crippen LogP contribution in [0, 0.1) is 0 Å². The molecular formula is C17H19N3O4. The topological polar surface area (TPSA) is 83.0 Å². The van der Waals surface area contributed by atoms with Gasteiger partial charge in [-0.1, -0.05) is 6.07 Å². The highest BCUT2D eigenvalue weighted by Gasteiger charge is 2.26. The van der Waals surface area contributed by atoms with Crippen LogP contribution in [0.1, 0.15) is 17.3 Å². The van der Waals surface area contributed by atoms with Crippen molar-refractivity contribution in [1.82, 2.24) is 14.8 Å². The van der Waals surface area contributed by atoms with Crippen molar-refractivity contribution in [2.75, 3.05) is 32.8 Å². The number of rotatable bonds is 2. The molecule has 1 aromatic carbocycles. The maximum Gasteiger partial charge on any atom is 0.409 e. The molecule has 1 aliphatic rings. The molecule has 0 bridgehead atoms. The Balaban J connectivity index is 1.77. The van der Waals surface area contributed by atoms with Crippen molar-refractivity contribution in [2.24, 2.45) is 0 Å². The second-order valence-corrected chi connectivity index (χ2v) is 5.51. The van der Waals surface area contributed by atoms with Gasteiger partial charge in [0.25, 0.3) is 5.91 Å². The number of fused-ring (bicyclic) bond motifs is 1. The van der Waals surface area contributed by atoms with Gasteiger partial charge >= 0.3 is 6.09 Å². The van der Waals surface area contributed by atoms with E-state index in [-0.39, 0.29) is 17.7 Å². The molecule has 3 rings (SSSR count). The van der Waals surface area contributed by atoms with Gasteiger partial charge in [0.15, 0.2) is 0 Å². The molecule has 0 aliphatic carbocycles. The van der Waals surface area contributed by atoms with Gasteiger partial charge in [0.1, 0.15) is 11.3 Å². The number of hydrogen-bond donors (Lipinski definition) is 1. The summed E-state index contributed by atoms with van der Waals surface area (Å²) in [6, 6.07) is 6.60. The highest BCUT2D eigenvalue weighted by molar-refractivity contribution is 6.07. The third-order valence-corrected chi connectivity index (χ3v) is 4.07. The van der Waals surface area contributed by atoms with Gasteiger partial charge in [-0.25, -0.2) is 4.79 Å². The molecule has 0 radical (unpaired) electrons. The molecule has 1 aromatic heterocycles. The van der Waals surface area contributed by atoms with Crippen molar-refractivity contribution in [3.05, 3.63) is 36.0 Å². The zero-order chi connectivity index (χ0) is 17.1. The van der Waals surface area contributed by atoms with Gasteiger partial charge in [0, 0.05) is 43.3 Å². The van der Waals surface area contributed by atoms with Crippen LogP contribution in [0.5, 0.6) is 5.75 Å². The second kappa shape index (κ2) is 6.74. The van der Waals surface area contributed by atoms with Gasteiger partial charge in [-0.2, -0.15) is 0 Å². The van der Waals surface area contributed by atoms with Crippen LogP contribution in [-0.2, 0) is 4.74 Å². The van der Waals surface area contributed by atoms with E-state index in [9.17, 15) is 14.7 Å². The third kappa shape index (κ3) is 2.97. The van der Waals surface area contributed by atoms with E-state index in [1.54, 1.807) is 41.1 Å². The zero-order valence-corrected chi connectivity index (χ0v) is 13.4. The third-order valence-electron chi connectivity index (χ3n) is 4.07. The van der Waals surface area contributed by atoms with E-state index < -0.39 is 0 Å². The lowest BCUT2D eigenvalue weighted by Crippen LogP contribution is -2.50. The van der Waals surface area contributed by atoms with Crippen LogP contribution >= 0.6 is 0 Å². The molecule has 0 spiro atoms. The first-order valence-corrected chi connectivity index (χ1v) is 7.89. The minimum Gasteiger partial charge on any atom is -0.506 e. The molecule has 1 saturated heterocycles. The van der Waals surface area contributed by atoms with E-state index >= 15 is 0 Å². The van der Waals surface area contributed by atoms with E-state index in [0.717, 1.165) is 0 Å². The van der Waals surface area contributed by atoms with Crippen molar-refractivity contribution >= 4 is 22.9 Å². The van der Waals surface area contributed by atoms with Crippen LogP contribution in [0.15, 0.2) is 30.5 Å².